The Labute approximate surface area is 203 Å². The summed E-state index contributed by atoms with van der Waals surface area (Å²) in [5.74, 6) is -5.24. The Morgan fingerprint density at radius 2 is 1.69 bits per heavy atom. The van der Waals surface area contributed by atoms with E-state index in [1.165, 1.54) is 4.90 Å². The number of rotatable bonds is 7. The van der Waals surface area contributed by atoms with Crippen molar-refractivity contribution in [1.29, 1.82) is 0 Å². The van der Waals surface area contributed by atoms with Gasteiger partial charge in [0.2, 0.25) is 11.7 Å². The fourth-order valence-electron chi connectivity index (χ4n) is 4.64. The zero-order valence-corrected chi connectivity index (χ0v) is 19.4. The van der Waals surface area contributed by atoms with E-state index in [0.29, 0.717) is 12.5 Å². The van der Waals surface area contributed by atoms with Crippen LogP contribution in [0, 0.1) is 23.4 Å². The number of hydrogen-bond acceptors (Lipinski definition) is 3. The SMILES string of the molecule is C[C@@H](C[C@@H](CC(=O)N1CCn2c(nnc2C(F)(F)F)C1)Cc1cc(F)c(F)cc1F)c1ccccc1. The van der Waals surface area contributed by atoms with Crippen molar-refractivity contribution in [3.8, 4) is 0 Å². The summed E-state index contributed by atoms with van der Waals surface area (Å²) in [6.07, 6.45) is -4.24. The van der Waals surface area contributed by atoms with Gasteiger partial charge in [-0.3, -0.25) is 4.79 Å². The molecular weight excluding hydrogens is 486 g/mol. The lowest BCUT2D eigenvalue weighted by molar-refractivity contribution is -0.148. The van der Waals surface area contributed by atoms with E-state index in [1.807, 2.05) is 37.3 Å². The van der Waals surface area contributed by atoms with Crippen LogP contribution in [0.3, 0.4) is 0 Å². The van der Waals surface area contributed by atoms with Crippen LogP contribution in [0.15, 0.2) is 42.5 Å². The predicted octanol–water partition coefficient (Wildman–Crippen LogP) is 5.50. The molecule has 1 aliphatic rings. The maximum absolute atomic E-state index is 14.4. The Morgan fingerprint density at radius 1 is 1.00 bits per heavy atom. The first kappa shape index (κ1) is 25.7. The Kier molecular flexibility index (Phi) is 7.37. The summed E-state index contributed by atoms with van der Waals surface area (Å²) in [6, 6.07) is 10.8. The van der Waals surface area contributed by atoms with E-state index in [-0.39, 0.29) is 55.7 Å². The van der Waals surface area contributed by atoms with E-state index < -0.39 is 35.4 Å². The van der Waals surface area contributed by atoms with Gasteiger partial charge in [-0.1, -0.05) is 37.3 Å². The van der Waals surface area contributed by atoms with E-state index in [0.717, 1.165) is 16.2 Å². The molecule has 4 rings (SSSR count). The van der Waals surface area contributed by atoms with Crippen LogP contribution in [-0.2, 0) is 30.5 Å². The van der Waals surface area contributed by atoms with Crippen LogP contribution in [0.1, 0.15) is 48.5 Å². The summed E-state index contributed by atoms with van der Waals surface area (Å²) in [5, 5.41) is 6.81. The highest BCUT2D eigenvalue weighted by molar-refractivity contribution is 5.76. The van der Waals surface area contributed by atoms with Gasteiger partial charge >= 0.3 is 6.18 Å². The van der Waals surface area contributed by atoms with E-state index in [2.05, 4.69) is 10.2 Å². The van der Waals surface area contributed by atoms with Gasteiger partial charge in [-0.25, -0.2) is 13.2 Å². The van der Waals surface area contributed by atoms with Crippen molar-refractivity contribution in [3.05, 3.63) is 82.7 Å². The van der Waals surface area contributed by atoms with Gasteiger partial charge in [-0.15, -0.1) is 10.2 Å². The van der Waals surface area contributed by atoms with Crippen molar-refractivity contribution >= 4 is 5.91 Å². The van der Waals surface area contributed by atoms with Crippen LogP contribution in [0.5, 0.6) is 0 Å². The second-order valence-corrected chi connectivity index (χ2v) is 9.08. The maximum Gasteiger partial charge on any atom is 0.451 e. The fourth-order valence-corrected chi connectivity index (χ4v) is 4.64. The van der Waals surface area contributed by atoms with Crippen molar-refractivity contribution in [2.24, 2.45) is 5.92 Å². The summed E-state index contributed by atoms with van der Waals surface area (Å²) < 4.78 is 81.9. The van der Waals surface area contributed by atoms with Gasteiger partial charge in [0.05, 0.1) is 6.54 Å². The molecule has 0 aliphatic carbocycles. The molecule has 0 saturated heterocycles. The molecule has 2 atom stereocenters. The normalized spacial score (nSPS) is 15.5. The average molecular weight is 510 g/mol. The summed E-state index contributed by atoms with van der Waals surface area (Å²) in [5.41, 5.74) is 0.964. The predicted molar refractivity (Wildman–Crippen MR) is 118 cm³/mol. The quantitative estimate of drug-likeness (QED) is 0.312. The number of benzene rings is 2. The molecule has 1 aromatic heterocycles. The Morgan fingerprint density at radius 3 is 2.39 bits per heavy atom. The number of amides is 1. The van der Waals surface area contributed by atoms with Crippen LogP contribution in [0.4, 0.5) is 26.3 Å². The third-order valence-electron chi connectivity index (χ3n) is 6.48. The fraction of sp³-hybridized carbons (Fsp3) is 0.400. The van der Waals surface area contributed by atoms with Crippen LogP contribution < -0.4 is 0 Å². The van der Waals surface area contributed by atoms with Gasteiger partial charge in [-0.05, 0) is 41.9 Å². The van der Waals surface area contributed by atoms with Gasteiger partial charge in [0.15, 0.2) is 17.5 Å². The smallest absolute Gasteiger partial charge is 0.333 e. The first-order valence-electron chi connectivity index (χ1n) is 11.5. The molecule has 1 aliphatic heterocycles. The van der Waals surface area contributed by atoms with Crippen LogP contribution in [0.25, 0.3) is 0 Å². The average Bonchev–Trinajstić information content (AvgIpc) is 3.27. The van der Waals surface area contributed by atoms with Crippen LogP contribution >= 0.6 is 0 Å². The zero-order valence-electron chi connectivity index (χ0n) is 19.4. The summed E-state index contributed by atoms with van der Waals surface area (Å²) in [7, 11) is 0. The van der Waals surface area contributed by atoms with Gasteiger partial charge in [0, 0.05) is 25.6 Å². The number of hydrogen-bond donors (Lipinski definition) is 0. The summed E-state index contributed by atoms with van der Waals surface area (Å²) in [4.78, 5) is 14.5. The largest absolute Gasteiger partial charge is 0.451 e. The molecule has 0 N–H and O–H groups in total. The van der Waals surface area contributed by atoms with Gasteiger partial charge in [-0.2, -0.15) is 13.2 Å². The Hall–Kier alpha value is -3.37. The number of carbonyl (C=O) groups excluding carboxylic acids is 1. The number of alkyl halides is 3. The van der Waals surface area contributed by atoms with E-state index >= 15 is 0 Å². The van der Waals surface area contributed by atoms with Crippen LogP contribution in [-0.4, -0.2) is 32.1 Å². The molecule has 2 aromatic carbocycles. The Balaban J connectivity index is 1.52. The van der Waals surface area contributed by atoms with Gasteiger partial charge < -0.3 is 9.47 Å². The molecule has 3 aromatic rings. The van der Waals surface area contributed by atoms with Crippen molar-refractivity contribution in [2.45, 2.75) is 51.4 Å². The molecule has 192 valence electrons. The lowest BCUT2D eigenvalue weighted by atomic mass is 9.84. The first-order valence-corrected chi connectivity index (χ1v) is 11.5. The number of aromatic nitrogens is 3. The van der Waals surface area contributed by atoms with Gasteiger partial charge in [0.25, 0.3) is 0 Å². The highest BCUT2D eigenvalue weighted by Gasteiger charge is 2.40. The molecule has 0 spiro atoms. The highest BCUT2D eigenvalue weighted by atomic mass is 19.4. The minimum atomic E-state index is -4.65. The molecule has 0 bridgehead atoms. The minimum absolute atomic E-state index is 0.00576. The maximum atomic E-state index is 14.4. The second-order valence-electron chi connectivity index (χ2n) is 9.08. The summed E-state index contributed by atoms with van der Waals surface area (Å²) in [6.45, 7) is 1.75. The standard InChI is InChI=1S/C25H24F6N4O/c1-15(17-5-3-2-4-6-17)9-16(10-18-12-20(27)21(28)13-19(18)26)11-23(36)34-7-8-35-22(14-34)32-33-24(35)25(29,30)31/h2-6,12-13,15-16H,7-11,14H2,1H3/t15-,16+/m0/s1. The molecule has 0 radical (unpaired) electrons. The molecule has 0 saturated carbocycles. The van der Waals surface area contributed by atoms with Crippen LogP contribution in [0.2, 0.25) is 0 Å². The Bertz CT molecular complexity index is 1230. The third kappa shape index (κ3) is 5.71. The molecular formula is C25H24F6N4O. The number of carbonyl (C=O) groups is 1. The lowest BCUT2D eigenvalue weighted by Gasteiger charge is -2.30. The monoisotopic (exact) mass is 510 g/mol. The van der Waals surface area contributed by atoms with E-state index in [9.17, 15) is 31.1 Å². The van der Waals surface area contributed by atoms with Crippen molar-refractivity contribution in [1.82, 2.24) is 19.7 Å². The number of halogens is 6. The minimum Gasteiger partial charge on any atom is -0.333 e. The third-order valence-corrected chi connectivity index (χ3v) is 6.48. The van der Waals surface area contributed by atoms with E-state index in [4.69, 9.17) is 0 Å². The van der Waals surface area contributed by atoms with Crippen molar-refractivity contribution < 1.29 is 31.1 Å². The molecule has 0 unspecified atom stereocenters. The molecule has 0 fully saturated rings. The summed E-state index contributed by atoms with van der Waals surface area (Å²) >= 11 is 0. The molecule has 11 heteroatoms. The second kappa shape index (κ2) is 10.3. The highest BCUT2D eigenvalue weighted by Crippen LogP contribution is 2.32. The first-order chi connectivity index (χ1) is 17.0. The molecule has 1 amide bonds. The van der Waals surface area contributed by atoms with Crippen molar-refractivity contribution in [3.63, 3.8) is 0 Å². The number of nitrogens with zero attached hydrogens (tertiary/aromatic N) is 4. The van der Waals surface area contributed by atoms with E-state index in [1.54, 1.807) is 0 Å². The zero-order chi connectivity index (χ0) is 26.0. The van der Waals surface area contributed by atoms with Gasteiger partial charge in [0.1, 0.15) is 5.82 Å². The molecule has 5 nitrogen and oxygen atoms in total. The van der Waals surface area contributed by atoms with Crippen molar-refractivity contribution in [2.75, 3.05) is 6.54 Å². The number of fused-ring (bicyclic) bond motifs is 1. The molecule has 2 heterocycles. The lowest BCUT2D eigenvalue weighted by Crippen LogP contribution is -2.40. The molecule has 36 heavy (non-hydrogen) atoms. The topological polar surface area (TPSA) is 51.0 Å².